The van der Waals surface area contributed by atoms with Crippen LogP contribution in [0.4, 0.5) is 13.2 Å². The van der Waals surface area contributed by atoms with Crippen LogP contribution in [-0.4, -0.2) is 24.5 Å². The van der Waals surface area contributed by atoms with Crippen molar-refractivity contribution in [3.05, 3.63) is 35.4 Å². The normalized spacial score (nSPS) is 20.1. The van der Waals surface area contributed by atoms with Crippen LogP contribution in [0.2, 0.25) is 0 Å². The van der Waals surface area contributed by atoms with Crippen LogP contribution >= 0.6 is 0 Å². The van der Waals surface area contributed by atoms with E-state index in [-0.39, 0.29) is 6.04 Å². The number of hydrogen-bond donors (Lipinski definition) is 1. The fourth-order valence-corrected chi connectivity index (χ4v) is 2.57. The quantitative estimate of drug-likeness (QED) is 0.922. The second kappa shape index (κ2) is 6.14. The molecular weight excluding hydrogens is 265 g/mol. The minimum absolute atomic E-state index is 0.370. The predicted molar refractivity (Wildman–Crippen MR) is 73.2 cm³/mol. The largest absolute Gasteiger partial charge is 0.416 e. The minimum atomic E-state index is -4.31. The zero-order chi connectivity index (χ0) is 14.8. The standard InChI is InChI=1S/C15H21F3N2/c1-11-5-7-20(8-6-11)10-14(19)12-3-2-4-13(9-12)15(16,17)18/h2-4,9,11,14H,5-8,10,19H2,1H3. The molecule has 2 rings (SSSR count). The van der Waals surface area contributed by atoms with Crippen LogP contribution in [0.1, 0.15) is 36.9 Å². The molecule has 1 aromatic rings. The van der Waals surface area contributed by atoms with Gasteiger partial charge >= 0.3 is 6.18 Å². The van der Waals surface area contributed by atoms with Crippen molar-refractivity contribution in [2.45, 2.75) is 32.0 Å². The van der Waals surface area contributed by atoms with Gasteiger partial charge < -0.3 is 10.6 Å². The van der Waals surface area contributed by atoms with Gasteiger partial charge in [-0.1, -0.05) is 19.1 Å². The molecular formula is C15H21F3N2. The molecule has 1 aliphatic heterocycles. The summed E-state index contributed by atoms with van der Waals surface area (Å²) < 4.78 is 38.0. The summed E-state index contributed by atoms with van der Waals surface area (Å²) in [6.07, 6.45) is -2.04. The Labute approximate surface area is 117 Å². The summed E-state index contributed by atoms with van der Waals surface area (Å²) in [5.74, 6) is 0.732. The van der Waals surface area contributed by atoms with Crippen LogP contribution in [0.25, 0.3) is 0 Å². The lowest BCUT2D eigenvalue weighted by atomic mass is 9.98. The number of halogens is 3. The van der Waals surface area contributed by atoms with Gasteiger partial charge in [-0.05, 0) is 49.5 Å². The maximum atomic E-state index is 12.7. The van der Waals surface area contributed by atoms with Crippen molar-refractivity contribution in [2.24, 2.45) is 11.7 Å². The Balaban J connectivity index is 2.00. The molecule has 112 valence electrons. The molecule has 1 heterocycles. The first kappa shape index (κ1) is 15.3. The molecule has 0 bridgehead atoms. The summed E-state index contributed by atoms with van der Waals surface area (Å²) in [6.45, 7) is 4.81. The first-order chi connectivity index (χ1) is 9.36. The summed E-state index contributed by atoms with van der Waals surface area (Å²) in [5.41, 5.74) is 5.99. The van der Waals surface area contributed by atoms with Crippen molar-refractivity contribution in [1.82, 2.24) is 4.90 Å². The number of piperidine rings is 1. The summed E-state index contributed by atoms with van der Waals surface area (Å²) >= 11 is 0. The van der Waals surface area contributed by atoms with Crippen LogP contribution in [0.15, 0.2) is 24.3 Å². The van der Waals surface area contributed by atoms with Crippen LogP contribution in [0.5, 0.6) is 0 Å². The Hall–Kier alpha value is -1.07. The number of nitrogens with two attached hydrogens (primary N) is 1. The Kier molecular flexibility index (Phi) is 4.70. The number of rotatable bonds is 3. The zero-order valence-electron chi connectivity index (χ0n) is 11.7. The van der Waals surface area contributed by atoms with Gasteiger partial charge in [0.25, 0.3) is 0 Å². The third kappa shape index (κ3) is 3.96. The third-order valence-electron chi connectivity index (χ3n) is 3.97. The van der Waals surface area contributed by atoms with Gasteiger partial charge in [0.1, 0.15) is 0 Å². The molecule has 1 unspecified atom stereocenters. The molecule has 0 amide bonds. The molecule has 0 aromatic heterocycles. The average Bonchev–Trinajstić information content (AvgIpc) is 2.40. The Morgan fingerprint density at radius 1 is 1.30 bits per heavy atom. The van der Waals surface area contributed by atoms with Crippen molar-refractivity contribution >= 4 is 0 Å². The van der Waals surface area contributed by atoms with Gasteiger partial charge in [0.15, 0.2) is 0 Å². The van der Waals surface area contributed by atoms with Crippen LogP contribution in [0.3, 0.4) is 0 Å². The van der Waals surface area contributed by atoms with E-state index in [0.717, 1.165) is 44.0 Å². The number of hydrogen-bond acceptors (Lipinski definition) is 2. The maximum absolute atomic E-state index is 12.7. The minimum Gasteiger partial charge on any atom is -0.323 e. The fourth-order valence-electron chi connectivity index (χ4n) is 2.57. The van der Waals surface area contributed by atoms with Crippen molar-refractivity contribution < 1.29 is 13.2 Å². The molecule has 0 aliphatic carbocycles. The summed E-state index contributed by atoms with van der Waals surface area (Å²) in [5, 5.41) is 0. The van der Waals surface area contributed by atoms with E-state index in [1.807, 2.05) is 0 Å². The van der Waals surface area contributed by atoms with Gasteiger partial charge in [-0.2, -0.15) is 13.2 Å². The van der Waals surface area contributed by atoms with E-state index >= 15 is 0 Å². The third-order valence-corrected chi connectivity index (χ3v) is 3.97. The predicted octanol–water partition coefficient (Wildman–Crippen LogP) is 3.44. The van der Waals surface area contributed by atoms with Crippen molar-refractivity contribution in [3.63, 3.8) is 0 Å². The molecule has 1 aromatic carbocycles. The van der Waals surface area contributed by atoms with Crippen LogP contribution in [0, 0.1) is 5.92 Å². The van der Waals surface area contributed by atoms with E-state index in [9.17, 15) is 13.2 Å². The molecule has 20 heavy (non-hydrogen) atoms. The van der Waals surface area contributed by atoms with E-state index in [1.54, 1.807) is 6.07 Å². The van der Waals surface area contributed by atoms with E-state index in [0.29, 0.717) is 12.1 Å². The Morgan fingerprint density at radius 3 is 2.55 bits per heavy atom. The van der Waals surface area contributed by atoms with Crippen LogP contribution < -0.4 is 5.73 Å². The number of benzene rings is 1. The number of likely N-dealkylation sites (tertiary alicyclic amines) is 1. The van der Waals surface area contributed by atoms with Crippen molar-refractivity contribution in [1.29, 1.82) is 0 Å². The van der Waals surface area contributed by atoms with Gasteiger partial charge in [0.05, 0.1) is 5.56 Å². The molecule has 1 aliphatic rings. The van der Waals surface area contributed by atoms with Crippen LogP contribution in [-0.2, 0) is 6.18 Å². The van der Waals surface area contributed by atoms with Gasteiger partial charge in [-0.3, -0.25) is 0 Å². The van der Waals surface area contributed by atoms with Gasteiger partial charge in [-0.15, -0.1) is 0 Å². The summed E-state index contributed by atoms with van der Waals surface area (Å²) in [4.78, 5) is 2.24. The van der Waals surface area contributed by atoms with E-state index < -0.39 is 11.7 Å². The summed E-state index contributed by atoms with van der Waals surface area (Å²) in [6, 6.07) is 4.98. The molecule has 1 saturated heterocycles. The summed E-state index contributed by atoms with van der Waals surface area (Å²) in [7, 11) is 0. The Bertz CT molecular complexity index is 437. The molecule has 5 heteroatoms. The van der Waals surface area contributed by atoms with E-state index in [2.05, 4.69) is 11.8 Å². The highest BCUT2D eigenvalue weighted by molar-refractivity contribution is 5.28. The second-order valence-electron chi connectivity index (χ2n) is 5.71. The molecule has 0 radical (unpaired) electrons. The molecule has 0 spiro atoms. The zero-order valence-corrected chi connectivity index (χ0v) is 11.7. The lowest BCUT2D eigenvalue weighted by Gasteiger charge is -2.32. The first-order valence-electron chi connectivity index (χ1n) is 7.01. The van der Waals surface area contributed by atoms with E-state index in [4.69, 9.17) is 5.73 Å². The molecule has 1 atom stereocenters. The van der Waals surface area contributed by atoms with Crippen molar-refractivity contribution in [2.75, 3.05) is 19.6 Å². The fraction of sp³-hybridized carbons (Fsp3) is 0.600. The number of nitrogens with zero attached hydrogens (tertiary/aromatic N) is 1. The maximum Gasteiger partial charge on any atom is 0.416 e. The SMILES string of the molecule is CC1CCN(CC(N)c2cccc(C(F)(F)F)c2)CC1. The Morgan fingerprint density at radius 2 is 1.95 bits per heavy atom. The number of alkyl halides is 3. The molecule has 0 saturated carbocycles. The monoisotopic (exact) mass is 286 g/mol. The van der Waals surface area contributed by atoms with Crippen molar-refractivity contribution in [3.8, 4) is 0 Å². The average molecular weight is 286 g/mol. The first-order valence-corrected chi connectivity index (χ1v) is 7.01. The molecule has 2 N–H and O–H groups in total. The molecule has 1 fully saturated rings. The lowest BCUT2D eigenvalue weighted by molar-refractivity contribution is -0.137. The second-order valence-corrected chi connectivity index (χ2v) is 5.71. The van der Waals surface area contributed by atoms with Gasteiger partial charge in [-0.25, -0.2) is 0 Å². The van der Waals surface area contributed by atoms with Gasteiger partial charge in [0.2, 0.25) is 0 Å². The lowest BCUT2D eigenvalue weighted by Crippen LogP contribution is -2.38. The highest BCUT2D eigenvalue weighted by atomic mass is 19.4. The van der Waals surface area contributed by atoms with E-state index in [1.165, 1.54) is 6.07 Å². The topological polar surface area (TPSA) is 29.3 Å². The highest BCUT2D eigenvalue weighted by Gasteiger charge is 2.31. The van der Waals surface area contributed by atoms with Gasteiger partial charge in [0, 0.05) is 12.6 Å². The molecule has 2 nitrogen and oxygen atoms in total. The smallest absolute Gasteiger partial charge is 0.323 e. The highest BCUT2D eigenvalue weighted by Crippen LogP contribution is 2.30.